The molecule has 0 bridgehead atoms. The number of rotatable bonds is 2. The van der Waals surface area contributed by atoms with E-state index < -0.39 is 0 Å². The summed E-state index contributed by atoms with van der Waals surface area (Å²) in [7, 11) is 0. The normalized spacial score (nSPS) is 11.7. The second kappa shape index (κ2) is 10.8. The number of nitrogens with two attached hydrogens (primary N) is 4. The number of hydrogen-bond donors (Lipinski definition) is 4. The van der Waals surface area contributed by atoms with Gasteiger partial charge in [-0.15, -0.1) is 0 Å². The standard InChI is InChI=1S/C3H10N2.C2H8N2/c1-3(5)2-4;3-1-2-4/h3H,2,4-5H2,1H3;1-4H2. The highest BCUT2D eigenvalue weighted by Gasteiger charge is 1.79. The van der Waals surface area contributed by atoms with Gasteiger partial charge in [0.1, 0.15) is 0 Å². The third kappa shape index (κ3) is 33.2. The first kappa shape index (κ1) is 11.6. The Bertz CT molecular complexity index is 35.9. The van der Waals surface area contributed by atoms with Crippen molar-refractivity contribution in [1.29, 1.82) is 0 Å². The van der Waals surface area contributed by atoms with Crippen molar-refractivity contribution in [2.24, 2.45) is 22.9 Å². The van der Waals surface area contributed by atoms with Crippen LogP contribution in [0.25, 0.3) is 0 Å². The molecule has 1 atom stereocenters. The van der Waals surface area contributed by atoms with Crippen molar-refractivity contribution in [2.75, 3.05) is 19.6 Å². The SMILES string of the molecule is CC(N)CN.NCCN. The molecule has 9 heavy (non-hydrogen) atoms. The lowest BCUT2D eigenvalue weighted by molar-refractivity contribution is 0.752. The molecule has 58 valence electrons. The minimum absolute atomic E-state index is 0.162. The van der Waals surface area contributed by atoms with E-state index in [1.54, 1.807) is 0 Å². The summed E-state index contributed by atoms with van der Waals surface area (Å²) in [5.41, 5.74) is 20.0. The van der Waals surface area contributed by atoms with Crippen LogP contribution in [0.4, 0.5) is 0 Å². The summed E-state index contributed by atoms with van der Waals surface area (Å²) in [6.45, 7) is 3.65. The van der Waals surface area contributed by atoms with Gasteiger partial charge in [-0.2, -0.15) is 0 Å². The molecule has 0 aliphatic carbocycles. The Hall–Kier alpha value is -0.160. The summed E-state index contributed by atoms with van der Waals surface area (Å²) in [5, 5.41) is 0. The fourth-order valence-corrected chi connectivity index (χ4v) is 0. The third-order valence-corrected chi connectivity index (χ3v) is 0.538. The lowest BCUT2D eigenvalue weighted by atomic mass is 10.4. The molecule has 1 unspecified atom stereocenters. The van der Waals surface area contributed by atoms with E-state index in [9.17, 15) is 0 Å². The molecule has 0 saturated heterocycles. The molecule has 4 heteroatoms. The van der Waals surface area contributed by atoms with Gasteiger partial charge in [0.15, 0.2) is 0 Å². The molecule has 0 radical (unpaired) electrons. The van der Waals surface area contributed by atoms with Gasteiger partial charge in [-0.1, -0.05) is 0 Å². The lowest BCUT2D eigenvalue weighted by Crippen LogP contribution is -2.25. The Morgan fingerprint density at radius 1 is 1.11 bits per heavy atom. The van der Waals surface area contributed by atoms with E-state index in [1.807, 2.05) is 6.92 Å². The molecule has 0 rings (SSSR count). The van der Waals surface area contributed by atoms with Gasteiger partial charge in [-0.25, -0.2) is 0 Å². The van der Waals surface area contributed by atoms with Crippen molar-refractivity contribution in [3.05, 3.63) is 0 Å². The molecule has 8 N–H and O–H groups in total. The van der Waals surface area contributed by atoms with E-state index in [0.29, 0.717) is 19.6 Å². The minimum Gasteiger partial charge on any atom is -0.329 e. The van der Waals surface area contributed by atoms with Gasteiger partial charge in [0, 0.05) is 25.7 Å². The molecule has 0 saturated carbocycles. The van der Waals surface area contributed by atoms with E-state index in [1.165, 1.54) is 0 Å². The summed E-state index contributed by atoms with van der Waals surface area (Å²) in [4.78, 5) is 0. The molecule has 0 aliphatic rings. The van der Waals surface area contributed by atoms with E-state index >= 15 is 0 Å². The number of hydrogen-bond acceptors (Lipinski definition) is 4. The third-order valence-electron chi connectivity index (χ3n) is 0.538. The zero-order valence-corrected chi connectivity index (χ0v) is 6.01. The van der Waals surface area contributed by atoms with Crippen LogP contribution in [0, 0.1) is 0 Å². The predicted molar refractivity (Wildman–Crippen MR) is 40.8 cm³/mol. The van der Waals surface area contributed by atoms with Crippen molar-refractivity contribution >= 4 is 0 Å². The Morgan fingerprint density at radius 2 is 1.33 bits per heavy atom. The molecule has 0 aromatic heterocycles. The molecule has 0 spiro atoms. The Labute approximate surface area is 56.6 Å². The van der Waals surface area contributed by atoms with Gasteiger partial charge in [0.2, 0.25) is 0 Å². The summed E-state index contributed by atoms with van der Waals surface area (Å²) in [6, 6.07) is 0.162. The molecule has 0 aromatic rings. The fraction of sp³-hybridized carbons (Fsp3) is 1.00. The van der Waals surface area contributed by atoms with Crippen LogP contribution >= 0.6 is 0 Å². The van der Waals surface area contributed by atoms with Gasteiger partial charge in [-0.3, -0.25) is 0 Å². The molecule has 0 aromatic carbocycles. The van der Waals surface area contributed by atoms with Crippen LogP contribution in [0.3, 0.4) is 0 Å². The second-order valence-electron chi connectivity index (χ2n) is 1.79. The van der Waals surface area contributed by atoms with E-state index in [-0.39, 0.29) is 6.04 Å². The summed E-state index contributed by atoms with van der Waals surface area (Å²) < 4.78 is 0. The van der Waals surface area contributed by atoms with Crippen molar-refractivity contribution < 1.29 is 0 Å². The van der Waals surface area contributed by atoms with Gasteiger partial charge in [0.25, 0.3) is 0 Å². The molecular formula is C5H18N4. The van der Waals surface area contributed by atoms with Crippen LogP contribution in [-0.4, -0.2) is 25.7 Å². The summed E-state index contributed by atoms with van der Waals surface area (Å²) in [5.74, 6) is 0. The first-order valence-electron chi connectivity index (χ1n) is 3.04. The molecular weight excluding hydrogens is 116 g/mol. The van der Waals surface area contributed by atoms with Crippen LogP contribution < -0.4 is 22.9 Å². The van der Waals surface area contributed by atoms with E-state index in [4.69, 9.17) is 22.9 Å². The van der Waals surface area contributed by atoms with Crippen molar-refractivity contribution in [1.82, 2.24) is 0 Å². The monoisotopic (exact) mass is 134 g/mol. The van der Waals surface area contributed by atoms with Gasteiger partial charge in [0.05, 0.1) is 0 Å². The summed E-state index contributed by atoms with van der Waals surface area (Å²) >= 11 is 0. The molecule has 0 heterocycles. The van der Waals surface area contributed by atoms with Crippen LogP contribution in [0.5, 0.6) is 0 Å². The van der Waals surface area contributed by atoms with E-state index in [0.717, 1.165) is 0 Å². The average Bonchev–Trinajstić information content (AvgIpc) is 1.89. The largest absolute Gasteiger partial charge is 0.329 e. The Balaban J connectivity index is 0. The highest BCUT2D eigenvalue weighted by Crippen LogP contribution is 1.59. The topological polar surface area (TPSA) is 104 Å². The van der Waals surface area contributed by atoms with Gasteiger partial charge < -0.3 is 22.9 Å². The van der Waals surface area contributed by atoms with Crippen LogP contribution in [0.1, 0.15) is 6.92 Å². The maximum Gasteiger partial charge on any atom is 0.0134 e. The first-order chi connectivity index (χ1) is 4.18. The molecule has 0 fully saturated rings. The molecule has 0 amide bonds. The smallest absolute Gasteiger partial charge is 0.0134 e. The van der Waals surface area contributed by atoms with Crippen molar-refractivity contribution in [2.45, 2.75) is 13.0 Å². The minimum atomic E-state index is 0.162. The summed E-state index contributed by atoms with van der Waals surface area (Å²) in [6.07, 6.45) is 0. The molecule has 0 aliphatic heterocycles. The quantitative estimate of drug-likeness (QED) is 0.357. The van der Waals surface area contributed by atoms with Crippen molar-refractivity contribution in [3.8, 4) is 0 Å². The Kier molecular flexibility index (Phi) is 13.9. The van der Waals surface area contributed by atoms with Crippen molar-refractivity contribution in [3.63, 3.8) is 0 Å². The van der Waals surface area contributed by atoms with Crippen LogP contribution in [-0.2, 0) is 0 Å². The zero-order valence-electron chi connectivity index (χ0n) is 6.01. The van der Waals surface area contributed by atoms with Crippen LogP contribution in [0.2, 0.25) is 0 Å². The lowest BCUT2D eigenvalue weighted by Gasteiger charge is -1.92. The highest BCUT2D eigenvalue weighted by atomic mass is 14.7. The maximum atomic E-state index is 5.17. The predicted octanol–water partition coefficient (Wildman–Crippen LogP) is -1.80. The zero-order chi connectivity index (χ0) is 7.70. The Morgan fingerprint density at radius 3 is 1.33 bits per heavy atom. The van der Waals surface area contributed by atoms with E-state index in [2.05, 4.69) is 0 Å². The van der Waals surface area contributed by atoms with Gasteiger partial charge >= 0.3 is 0 Å². The van der Waals surface area contributed by atoms with Gasteiger partial charge in [-0.05, 0) is 6.92 Å². The average molecular weight is 134 g/mol. The fourth-order valence-electron chi connectivity index (χ4n) is 0. The van der Waals surface area contributed by atoms with Crippen LogP contribution in [0.15, 0.2) is 0 Å². The highest BCUT2D eigenvalue weighted by molar-refractivity contribution is 4.48. The second-order valence-corrected chi connectivity index (χ2v) is 1.79. The first-order valence-corrected chi connectivity index (χ1v) is 3.04. The molecule has 4 nitrogen and oxygen atoms in total. The maximum absolute atomic E-state index is 5.17.